The number of halogens is 2. The van der Waals surface area contributed by atoms with Crippen LogP contribution in [0, 0.1) is 5.82 Å². The highest BCUT2D eigenvalue weighted by Gasteiger charge is 2.17. The number of amides is 1. The summed E-state index contributed by atoms with van der Waals surface area (Å²) < 4.78 is 13.5. The Labute approximate surface area is 144 Å². The number of hydrazone groups is 1. The summed E-state index contributed by atoms with van der Waals surface area (Å²) >= 11 is 5.63. The van der Waals surface area contributed by atoms with Crippen molar-refractivity contribution >= 4 is 35.0 Å². The van der Waals surface area contributed by atoms with Gasteiger partial charge < -0.3 is 0 Å². The molecule has 0 saturated heterocycles. The van der Waals surface area contributed by atoms with E-state index in [1.165, 1.54) is 12.1 Å². The molecule has 1 aromatic rings. The van der Waals surface area contributed by atoms with E-state index in [0.717, 1.165) is 11.8 Å². The van der Waals surface area contributed by atoms with Crippen molar-refractivity contribution in [1.29, 1.82) is 0 Å². The maximum Gasteiger partial charge on any atom is 0.258 e. The second kappa shape index (κ2) is 7.09. The van der Waals surface area contributed by atoms with Crippen LogP contribution >= 0.6 is 11.6 Å². The second-order valence-electron chi connectivity index (χ2n) is 6.38. The highest BCUT2D eigenvalue weighted by atomic mass is 35.5. The Balaban J connectivity index is 2.23. The molecule has 0 saturated carbocycles. The van der Waals surface area contributed by atoms with Crippen molar-refractivity contribution in [3.63, 3.8) is 0 Å². The number of amidine groups is 1. The van der Waals surface area contributed by atoms with E-state index in [9.17, 15) is 9.18 Å². The van der Waals surface area contributed by atoms with E-state index >= 15 is 0 Å². The lowest BCUT2D eigenvalue weighted by atomic mass is 10.1. The van der Waals surface area contributed by atoms with Crippen molar-refractivity contribution < 1.29 is 9.18 Å². The molecule has 1 aromatic carbocycles. The van der Waals surface area contributed by atoms with Crippen LogP contribution in [-0.4, -0.2) is 29.0 Å². The second-order valence-corrected chi connectivity index (χ2v) is 6.79. The predicted molar refractivity (Wildman–Crippen MR) is 94.4 cm³/mol. The van der Waals surface area contributed by atoms with Crippen molar-refractivity contribution in [3.8, 4) is 0 Å². The van der Waals surface area contributed by atoms with E-state index in [2.05, 4.69) is 25.8 Å². The summed E-state index contributed by atoms with van der Waals surface area (Å²) in [6.45, 7) is 7.51. The van der Waals surface area contributed by atoms with Gasteiger partial charge in [0.15, 0.2) is 0 Å². The van der Waals surface area contributed by atoms with Gasteiger partial charge >= 0.3 is 0 Å². The first-order chi connectivity index (χ1) is 11.1. The van der Waals surface area contributed by atoms with Crippen molar-refractivity contribution in [1.82, 2.24) is 10.7 Å². The van der Waals surface area contributed by atoms with Gasteiger partial charge in [-0.3, -0.25) is 15.5 Å². The molecule has 0 bridgehead atoms. The number of aliphatic imine (C=N–C) groups is 2. The molecule has 0 atom stereocenters. The van der Waals surface area contributed by atoms with Gasteiger partial charge in [-0.15, -0.1) is 0 Å². The standard InChI is InChI=1S/C16H19ClFN5O/c1-9-7-13(23-22-9)19-15(21-16(2,3)4)20-14(24)10-5-6-11(17)12(18)8-10/h5-6,8H,7H2,1-4H3,(H2,19,20,21,23,24). The van der Waals surface area contributed by atoms with E-state index in [1.807, 2.05) is 27.7 Å². The number of hydrogen-bond donors (Lipinski definition) is 2. The SMILES string of the molecule is CC1=NNC(=NC(=NC(C)(C)C)NC(=O)c2ccc(Cl)c(F)c2)C1. The minimum atomic E-state index is -0.661. The number of nitrogens with zero attached hydrogens (tertiary/aromatic N) is 3. The highest BCUT2D eigenvalue weighted by Crippen LogP contribution is 2.15. The van der Waals surface area contributed by atoms with Gasteiger partial charge in [0, 0.05) is 17.7 Å². The Morgan fingerprint density at radius 1 is 1.42 bits per heavy atom. The fourth-order valence-electron chi connectivity index (χ4n) is 1.88. The van der Waals surface area contributed by atoms with Gasteiger partial charge in [-0.2, -0.15) is 10.1 Å². The zero-order chi connectivity index (χ0) is 17.9. The largest absolute Gasteiger partial charge is 0.291 e. The van der Waals surface area contributed by atoms with Crippen LogP contribution < -0.4 is 10.7 Å². The summed E-state index contributed by atoms with van der Waals surface area (Å²) in [5, 5.41) is 6.59. The molecule has 0 spiro atoms. The van der Waals surface area contributed by atoms with Crippen molar-refractivity contribution in [2.24, 2.45) is 15.1 Å². The number of carbonyl (C=O) groups excluding carboxylic acids is 1. The first-order valence-electron chi connectivity index (χ1n) is 7.37. The molecule has 128 valence electrons. The summed E-state index contributed by atoms with van der Waals surface area (Å²) in [6, 6.07) is 3.83. The minimum absolute atomic E-state index is 0.0434. The van der Waals surface area contributed by atoms with Gasteiger partial charge in [-0.25, -0.2) is 9.38 Å². The maximum atomic E-state index is 13.5. The zero-order valence-electron chi connectivity index (χ0n) is 13.9. The summed E-state index contributed by atoms with van der Waals surface area (Å²) in [4.78, 5) is 21.0. The molecule has 0 aliphatic carbocycles. The lowest BCUT2D eigenvalue weighted by Crippen LogP contribution is -2.33. The minimum Gasteiger partial charge on any atom is -0.291 e. The maximum absolute atomic E-state index is 13.5. The first kappa shape index (κ1) is 18.1. The number of rotatable bonds is 1. The third kappa shape index (κ3) is 5.13. The topological polar surface area (TPSA) is 78.2 Å². The van der Waals surface area contributed by atoms with E-state index in [1.54, 1.807) is 0 Å². The molecule has 24 heavy (non-hydrogen) atoms. The monoisotopic (exact) mass is 351 g/mol. The molecule has 6 nitrogen and oxygen atoms in total. The smallest absolute Gasteiger partial charge is 0.258 e. The van der Waals surface area contributed by atoms with Gasteiger partial charge in [-0.1, -0.05) is 11.6 Å². The third-order valence-corrected chi connectivity index (χ3v) is 3.19. The van der Waals surface area contributed by atoms with Crippen LogP contribution in [0.15, 0.2) is 33.3 Å². The molecule has 0 fully saturated rings. The fraction of sp³-hybridized carbons (Fsp3) is 0.375. The highest BCUT2D eigenvalue weighted by molar-refractivity contribution is 6.30. The summed E-state index contributed by atoms with van der Waals surface area (Å²) in [5.41, 5.74) is 3.34. The van der Waals surface area contributed by atoms with E-state index < -0.39 is 17.3 Å². The van der Waals surface area contributed by atoms with Gasteiger partial charge in [0.1, 0.15) is 11.7 Å². The Hall–Kier alpha value is -2.28. The number of guanidine groups is 1. The normalized spacial score (nSPS) is 16.8. The molecule has 2 rings (SSSR count). The van der Waals surface area contributed by atoms with Crippen LogP contribution in [-0.2, 0) is 0 Å². The van der Waals surface area contributed by atoms with Crippen LogP contribution in [0.2, 0.25) is 5.02 Å². The lowest BCUT2D eigenvalue weighted by Gasteiger charge is -2.14. The van der Waals surface area contributed by atoms with Crippen LogP contribution in [0.25, 0.3) is 0 Å². The Bertz CT molecular complexity index is 749. The van der Waals surface area contributed by atoms with Crippen LogP contribution in [0.3, 0.4) is 0 Å². The molecule has 0 unspecified atom stereocenters. The third-order valence-electron chi connectivity index (χ3n) is 2.89. The molecule has 2 N–H and O–H groups in total. The molecule has 1 aliphatic rings. The molecule has 0 aromatic heterocycles. The van der Waals surface area contributed by atoms with Gasteiger partial charge in [0.2, 0.25) is 5.96 Å². The number of nitrogens with one attached hydrogen (secondary N) is 2. The fourth-order valence-corrected chi connectivity index (χ4v) is 2.00. The van der Waals surface area contributed by atoms with Crippen LogP contribution in [0.1, 0.15) is 44.5 Å². The van der Waals surface area contributed by atoms with E-state index in [4.69, 9.17) is 11.6 Å². The van der Waals surface area contributed by atoms with Crippen LogP contribution in [0.5, 0.6) is 0 Å². The van der Waals surface area contributed by atoms with Gasteiger partial charge in [0.05, 0.1) is 10.6 Å². The summed E-state index contributed by atoms with van der Waals surface area (Å²) in [6.07, 6.45) is 0.550. The summed E-state index contributed by atoms with van der Waals surface area (Å²) in [7, 11) is 0. The Morgan fingerprint density at radius 3 is 2.67 bits per heavy atom. The molecule has 1 heterocycles. The van der Waals surface area contributed by atoms with Crippen LogP contribution in [0.4, 0.5) is 4.39 Å². The lowest BCUT2D eigenvalue weighted by molar-refractivity contribution is 0.0976. The molecule has 1 amide bonds. The van der Waals surface area contributed by atoms with E-state index in [-0.39, 0.29) is 16.5 Å². The van der Waals surface area contributed by atoms with Crippen molar-refractivity contribution in [2.75, 3.05) is 0 Å². The first-order valence-corrected chi connectivity index (χ1v) is 7.75. The Kier molecular flexibility index (Phi) is 5.33. The molecular formula is C16H19ClFN5O. The molecule has 0 radical (unpaired) electrons. The Morgan fingerprint density at radius 2 is 2.12 bits per heavy atom. The average Bonchev–Trinajstić information content (AvgIpc) is 2.85. The molecular weight excluding hydrogens is 333 g/mol. The predicted octanol–water partition coefficient (Wildman–Crippen LogP) is 3.13. The van der Waals surface area contributed by atoms with E-state index in [0.29, 0.717) is 12.3 Å². The average molecular weight is 352 g/mol. The quantitative estimate of drug-likeness (QED) is 0.602. The summed E-state index contributed by atoms with van der Waals surface area (Å²) in [5.74, 6) is -0.465. The zero-order valence-corrected chi connectivity index (χ0v) is 14.7. The molecule has 1 aliphatic heterocycles. The van der Waals surface area contributed by atoms with Gasteiger partial charge in [-0.05, 0) is 45.9 Å². The number of benzene rings is 1. The number of hydrogen-bond acceptors (Lipinski definition) is 3. The molecule has 8 heteroatoms. The van der Waals surface area contributed by atoms with Crippen molar-refractivity contribution in [2.45, 2.75) is 39.7 Å². The number of carbonyl (C=O) groups is 1. The van der Waals surface area contributed by atoms with Gasteiger partial charge in [0.25, 0.3) is 5.91 Å². The van der Waals surface area contributed by atoms with Crippen molar-refractivity contribution in [3.05, 3.63) is 34.6 Å².